The summed E-state index contributed by atoms with van der Waals surface area (Å²) in [6, 6.07) is 24.7. The second-order valence-electron chi connectivity index (χ2n) is 20.4. The summed E-state index contributed by atoms with van der Waals surface area (Å²) >= 11 is 0. The molecular formula is C53H76N2O7. The fourth-order valence-corrected chi connectivity index (χ4v) is 9.55. The number of likely N-dealkylation sites (tertiary alicyclic amines) is 2. The molecule has 2 aliphatic carbocycles. The van der Waals surface area contributed by atoms with Gasteiger partial charge < -0.3 is 24.4 Å². The lowest BCUT2D eigenvalue weighted by Crippen LogP contribution is -2.49. The van der Waals surface area contributed by atoms with Gasteiger partial charge in [-0.2, -0.15) is 0 Å². The molecule has 8 rings (SSSR count). The zero-order chi connectivity index (χ0) is 43.9. The van der Waals surface area contributed by atoms with Gasteiger partial charge in [0.15, 0.2) is 0 Å². The molecule has 2 saturated carbocycles. The Morgan fingerprint density at radius 3 is 1.44 bits per heavy atom. The first-order valence-corrected chi connectivity index (χ1v) is 22.7. The number of aliphatic hydroxyl groups is 1. The van der Waals surface area contributed by atoms with Crippen molar-refractivity contribution in [2.24, 2.45) is 34.5 Å². The topological polar surface area (TPSA) is 109 Å². The van der Waals surface area contributed by atoms with Gasteiger partial charge in [0.1, 0.15) is 11.5 Å². The molecule has 2 heterocycles. The van der Waals surface area contributed by atoms with Crippen molar-refractivity contribution in [1.29, 1.82) is 0 Å². The van der Waals surface area contributed by atoms with Crippen molar-refractivity contribution in [3.8, 4) is 11.5 Å². The van der Waals surface area contributed by atoms with Crippen LogP contribution < -0.4 is 4.74 Å². The van der Waals surface area contributed by atoms with Crippen molar-refractivity contribution in [2.75, 3.05) is 40.4 Å². The first-order chi connectivity index (χ1) is 29.0. The van der Waals surface area contributed by atoms with E-state index in [-0.39, 0.29) is 43.1 Å². The molecule has 0 aromatic heterocycles. The second-order valence-corrected chi connectivity index (χ2v) is 20.4. The van der Waals surface area contributed by atoms with E-state index in [0.29, 0.717) is 16.9 Å². The van der Waals surface area contributed by atoms with Crippen molar-refractivity contribution in [3.63, 3.8) is 0 Å². The smallest absolute Gasteiger partial charge is 0.311 e. The Balaban J connectivity index is 0.000000195. The van der Waals surface area contributed by atoms with Crippen LogP contribution in [-0.2, 0) is 32.2 Å². The molecule has 2 saturated heterocycles. The third-order valence-electron chi connectivity index (χ3n) is 13.7. The minimum atomic E-state index is -0.116. The van der Waals surface area contributed by atoms with Gasteiger partial charge >= 0.3 is 11.9 Å². The van der Waals surface area contributed by atoms with Crippen LogP contribution in [0.5, 0.6) is 11.5 Å². The number of phenolic OH excluding ortho intramolecular Hbond substituents is 1. The highest BCUT2D eigenvalue weighted by atomic mass is 16.5. The van der Waals surface area contributed by atoms with E-state index in [1.807, 2.05) is 12.1 Å². The van der Waals surface area contributed by atoms with Crippen LogP contribution in [0, 0.1) is 34.5 Å². The molecule has 9 heteroatoms. The van der Waals surface area contributed by atoms with Gasteiger partial charge in [0.2, 0.25) is 0 Å². The van der Waals surface area contributed by atoms with E-state index in [2.05, 4.69) is 99.9 Å². The Morgan fingerprint density at radius 1 is 0.581 bits per heavy atom. The van der Waals surface area contributed by atoms with E-state index >= 15 is 0 Å². The molecule has 4 fully saturated rings. The number of hydrogen-bond donors (Lipinski definition) is 2. The monoisotopic (exact) mass is 853 g/mol. The highest BCUT2D eigenvalue weighted by Gasteiger charge is 2.35. The minimum Gasteiger partial charge on any atom is -0.508 e. The Bertz CT molecular complexity index is 2060. The largest absolute Gasteiger partial charge is 0.508 e. The van der Waals surface area contributed by atoms with Gasteiger partial charge in [-0.1, -0.05) is 85.4 Å². The van der Waals surface area contributed by atoms with Crippen LogP contribution in [0.25, 0.3) is 21.5 Å². The third kappa shape index (κ3) is 13.4. The van der Waals surface area contributed by atoms with Gasteiger partial charge in [-0.15, -0.1) is 0 Å². The number of esters is 2. The molecule has 340 valence electrons. The fraction of sp³-hybridized carbons (Fsp3) is 0.585. The maximum absolute atomic E-state index is 11.5. The van der Waals surface area contributed by atoms with E-state index in [4.69, 9.17) is 14.2 Å². The van der Waals surface area contributed by atoms with Gasteiger partial charge in [-0.25, -0.2) is 0 Å². The summed E-state index contributed by atoms with van der Waals surface area (Å²) in [5.41, 5.74) is 3.34. The van der Waals surface area contributed by atoms with E-state index < -0.39 is 0 Å². The van der Waals surface area contributed by atoms with Crippen LogP contribution >= 0.6 is 0 Å². The molecule has 62 heavy (non-hydrogen) atoms. The van der Waals surface area contributed by atoms with Crippen LogP contribution in [-0.4, -0.2) is 84.6 Å². The SMILES string of the molecule is C.CC(C)(C)C1CCC(O)CC1.COC(=O)C1CN(Cc2ccc3cc(O)ccc3c2)C1.COC(=O)C1CN(Cc2ccc3cc(OC4CCC(C(C)(C)C)CC4)ccc3c2)C1. The van der Waals surface area contributed by atoms with E-state index in [1.54, 1.807) is 12.1 Å². The third-order valence-corrected chi connectivity index (χ3v) is 13.7. The first kappa shape index (κ1) is 48.8. The van der Waals surface area contributed by atoms with Crippen LogP contribution in [0.15, 0.2) is 72.8 Å². The van der Waals surface area contributed by atoms with Gasteiger partial charge in [0, 0.05) is 39.3 Å². The van der Waals surface area contributed by atoms with Crippen molar-refractivity contribution >= 4 is 33.5 Å². The number of rotatable bonds is 8. The lowest BCUT2D eigenvalue weighted by atomic mass is 9.72. The average Bonchev–Trinajstić information content (AvgIpc) is 3.20. The Hall–Kier alpha value is -4.18. The molecule has 0 unspecified atom stereocenters. The van der Waals surface area contributed by atoms with Gasteiger partial charge in [0.05, 0.1) is 38.3 Å². The number of carbonyl (C=O) groups is 2. The number of aromatic hydroxyl groups is 1. The fourth-order valence-electron chi connectivity index (χ4n) is 9.55. The van der Waals surface area contributed by atoms with Crippen molar-refractivity contribution in [1.82, 2.24) is 9.80 Å². The Morgan fingerprint density at radius 2 is 0.984 bits per heavy atom. The van der Waals surface area contributed by atoms with Gasteiger partial charge in [-0.05, 0) is 143 Å². The summed E-state index contributed by atoms with van der Waals surface area (Å²) in [7, 11) is 2.90. The first-order valence-electron chi connectivity index (χ1n) is 22.7. The summed E-state index contributed by atoms with van der Waals surface area (Å²) in [6.45, 7) is 18.8. The number of fused-ring (bicyclic) bond motifs is 2. The second kappa shape index (κ2) is 21.5. The maximum Gasteiger partial charge on any atom is 0.311 e. The van der Waals surface area contributed by atoms with Crippen LogP contribution in [0.3, 0.4) is 0 Å². The highest BCUT2D eigenvalue weighted by Crippen LogP contribution is 2.40. The normalized spacial score (nSPS) is 22.4. The Kier molecular flexibility index (Phi) is 16.9. The number of ether oxygens (including phenoxy) is 3. The summed E-state index contributed by atoms with van der Waals surface area (Å²) in [5.74, 6) is 2.75. The lowest BCUT2D eigenvalue weighted by molar-refractivity contribution is -0.152. The number of aliphatic hydroxyl groups excluding tert-OH is 1. The molecule has 9 nitrogen and oxygen atoms in total. The van der Waals surface area contributed by atoms with E-state index in [1.165, 1.54) is 61.8 Å². The average molecular weight is 853 g/mol. The minimum absolute atomic E-state index is 0. The quantitative estimate of drug-likeness (QED) is 0.168. The standard InChI is InChI=1S/C26H35NO3.C16H17NO3.C10H20O.CH4/c1-26(2,3)22-8-11-23(12-9-22)30-24-10-7-19-13-18(5-6-20(19)14-24)15-27-16-21(17-27)25(28)29-4;1-20-16(19)14-9-17(10-14)8-11-2-3-13-7-15(18)5-4-12(13)6-11;1-10(2,3)8-4-6-9(11)7-5-8;/h5-7,10,13-14,21-23H,8-9,11-12,15-17H2,1-4H3;2-7,14,18H,8-10H2,1H3;8-9,11H,4-7H2,1-3H3;1H4. The predicted molar refractivity (Wildman–Crippen MR) is 251 cm³/mol. The van der Waals surface area contributed by atoms with Gasteiger partial charge in [-0.3, -0.25) is 19.4 Å². The molecule has 2 aliphatic heterocycles. The zero-order valence-electron chi connectivity index (χ0n) is 38.1. The van der Waals surface area contributed by atoms with Crippen molar-refractivity contribution in [3.05, 3.63) is 83.9 Å². The molecule has 0 atom stereocenters. The molecule has 4 aromatic carbocycles. The molecule has 0 spiro atoms. The lowest BCUT2D eigenvalue weighted by Gasteiger charge is -2.37. The number of nitrogens with zero attached hydrogens (tertiary/aromatic N) is 2. The summed E-state index contributed by atoms with van der Waals surface area (Å²) < 4.78 is 15.9. The van der Waals surface area contributed by atoms with Crippen molar-refractivity contribution in [2.45, 2.75) is 126 Å². The summed E-state index contributed by atoms with van der Waals surface area (Å²) in [6.07, 6.45) is 9.63. The van der Waals surface area contributed by atoms with Crippen molar-refractivity contribution < 1.29 is 34.0 Å². The predicted octanol–water partition coefficient (Wildman–Crippen LogP) is 10.8. The van der Waals surface area contributed by atoms with E-state index in [9.17, 15) is 19.8 Å². The molecule has 0 amide bonds. The molecule has 4 aliphatic rings. The van der Waals surface area contributed by atoms with E-state index in [0.717, 1.165) is 93.3 Å². The molecule has 4 aromatic rings. The summed E-state index contributed by atoms with van der Waals surface area (Å²) in [5, 5.41) is 23.3. The number of hydrogen-bond acceptors (Lipinski definition) is 9. The molecule has 0 radical (unpaired) electrons. The number of carbonyl (C=O) groups excluding carboxylic acids is 2. The van der Waals surface area contributed by atoms with Crippen LogP contribution in [0.4, 0.5) is 0 Å². The Labute approximate surface area is 372 Å². The van der Waals surface area contributed by atoms with Crippen LogP contribution in [0.1, 0.15) is 111 Å². The zero-order valence-corrected chi connectivity index (χ0v) is 38.1. The number of methoxy groups -OCH3 is 2. The molecular weight excluding hydrogens is 777 g/mol. The van der Waals surface area contributed by atoms with Crippen LogP contribution in [0.2, 0.25) is 0 Å². The molecule has 0 bridgehead atoms. The van der Waals surface area contributed by atoms with Gasteiger partial charge in [0.25, 0.3) is 0 Å². The maximum atomic E-state index is 11.5. The molecule has 2 N–H and O–H groups in total. The number of phenols is 1. The number of benzene rings is 4. The summed E-state index contributed by atoms with van der Waals surface area (Å²) in [4.78, 5) is 27.4. The highest BCUT2D eigenvalue weighted by molar-refractivity contribution is 5.85.